The van der Waals surface area contributed by atoms with Crippen LogP contribution >= 0.6 is 23.4 Å². The first-order chi connectivity index (χ1) is 11.7. The Morgan fingerprint density at radius 1 is 1.44 bits per heavy atom. The van der Waals surface area contributed by atoms with Crippen molar-refractivity contribution in [3.8, 4) is 0 Å². The molecule has 2 amide bonds. The van der Waals surface area contributed by atoms with Gasteiger partial charge in [-0.1, -0.05) is 30.3 Å². The summed E-state index contributed by atoms with van der Waals surface area (Å²) >= 11 is 6.66. The number of amidine groups is 1. The largest absolute Gasteiger partial charge is 0.417 e. The Morgan fingerprint density at radius 2 is 2.16 bits per heavy atom. The average Bonchev–Trinajstić information content (AvgIpc) is 2.86. The third-order valence-corrected chi connectivity index (χ3v) is 4.63. The molecule has 0 radical (unpaired) electrons. The minimum atomic E-state index is -4.62. The van der Waals surface area contributed by atoms with E-state index in [2.05, 4.69) is 15.6 Å². The summed E-state index contributed by atoms with van der Waals surface area (Å²) in [5, 5.41) is 4.27. The van der Waals surface area contributed by atoms with Crippen molar-refractivity contribution >= 4 is 46.0 Å². The van der Waals surface area contributed by atoms with Crippen LogP contribution in [0.15, 0.2) is 23.2 Å². The second-order valence-corrected chi connectivity index (χ2v) is 6.83. The van der Waals surface area contributed by atoms with Crippen LogP contribution in [0.25, 0.3) is 0 Å². The maximum absolute atomic E-state index is 12.8. The number of nitrogens with zero attached hydrogens (tertiary/aromatic N) is 1. The highest BCUT2D eigenvalue weighted by molar-refractivity contribution is 8.15. The molecule has 1 aliphatic rings. The zero-order valence-electron chi connectivity index (χ0n) is 13.1. The zero-order chi connectivity index (χ0) is 18.6. The maximum Gasteiger partial charge on any atom is 0.417 e. The van der Waals surface area contributed by atoms with Crippen LogP contribution in [-0.4, -0.2) is 28.8 Å². The molecule has 0 bridgehead atoms. The van der Waals surface area contributed by atoms with Gasteiger partial charge in [0.15, 0.2) is 5.17 Å². The third-order valence-electron chi connectivity index (χ3n) is 3.18. The second-order valence-electron chi connectivity index (χ2n) is 5.23. The van der Waals surface area contributed by atoms with Crippen LogP contribution in [0.5, 0.6) is 0 Å². The number of rotatable bonds is 5. The van der Waals surface area contributed by atoms with Crippen LogP contribution in [0.4, 0.5) is 18.9 Å². The van der Waals surface area contributed by atoms with Crippen molar-refractivity contribution in [2.75, 3.05) is 11.9 Å². The molecule has 10 heteroatoms. The van der Waals surface area contributed by atoms with E-state index >= 15 is 0 Å². The molecule has 0 aliphatic carbocycles. The van der Waals surface area contributed by atoms with E-state index in [0.717, 1.165) is 30.3 Å². The SMILES string of the molecule is CCCN=C1NC(=O)C(CC(=O)Nc2ccc(Cl)c(C(F)(F)F)c2)S1. The fourth-order valence-corrected chi connectivity index (χ4v) is 3.25. The van der Waals surface area contributed by atoms with Crippen molar-refractivity contribution in [2.45, 2.75) is 31.2 Å². The summed E-state index contributed by atoms with van der Waals surface area (Å²) in [6.45, 7) is 2.50. The number of carbonyl (C=O) groups is 2. The van der Waals surface area contributed by atoms with Crippen LogP contribution in [0.2, 0.25) is 5.02 Å². The van der Waals surface area contributed by atoms with Gasteiger partial charge in [0, 0.05) is 18.7 Å². The molecule has 1 heterocycles. The molecule has 1 fully saturated rings. The number of anilines is 1. The van der Waals surface area contributed by atoms with Gasteiger partial charge in [-0.05, 0) is 24.6 Å². The van der Waals surface area contributed by atoms with Gasteiger partial charge in [-0.3, -0.25) is 14.6 Å². The van der Waals surface area contributed by atoms with Gasteiger partial charge >= 0.3 is 6.18 Å². The second kappa shape index (κ2) is 8.09. The van der Waals surface area contributed by atoms with E-state index in [0.29, 0.717) is 11.7 Å². The molecule has 2 rings (SSSR count). The number of benzene rings is 1. The molecule has 1 aromatic rings. The molecule has 1 atom stereocenters. The molecule has 2 N–H and O–H groups in total. The number of carbonyl (C=O) groups excluding carboxylic acids is 2. The standard InChI is InChI=1S/C15H15ClF3N3O2S/c1-2-5-20-14-22-13(24)11(25-14)7-12(23)21-8-3-4-10(16)9(6-8)15(17,18)19/h3-4,6,11H,2,5,7H2,1H3,(H,21,23)(H,20,22,24). The predicted molar refractivity (Wildman–Crippen MR) is 91.8 cm³/mol. The first kappa shape index (κ1) is 19.6. The molecular weight excluding hydrogens is 379 g/mol. The molecule has 25 heavy (non-hydrogen) atoms. The molecule has 1 unspecified atom stereocenters. The van der Waals surface area contributed by atoms with Gasteiger partial charge in [-0.15, -0.1) is 0 Å². The highest BCUT2D eigenvalue weighted by Gasteiger charge is 2.34. The highest BCUT2D eigenvalue weighted by Crippen LogP contribution is 2.36. The summed E-state index contributed by atoms with van der Waals surface area (Å²) in [7, 11) is 0. The summed E-state index contributed by atoms with van der Waals surface area (Å²) < 4.78 is 38.5. The number of hydrogen-bond acceptors (Lipinski definition) is 4. The van der Waals surface area contributed by atoms with E-state index in [9.17, 15) is 22.8 Å². The van der Waals surface area contributed by atoms with Gasteiger partial charge in [0.25, 0.3) is 0 Å². The Morgan fingerprint density at radius 3 is 2.80 bits per heavy atom. The van der Waals surface area contributed by atoms with E-state index in [-0.39, 0.29) is 18.0 Å². The first-order valence-corrected chi connectivity index (χ1v) is 8.65. The average molecular weight is 394 g/mol. The molecule has 0 saturated carbocycles. The molecule has 0 aromatic heterocycles. The first-order valence-electron chi connectivity index (χ1n) is 7.39. The summed E-state index contributed by atoms with van der Waals surface area (Å²) in [6.07, 6.45) is -3.97. The number of hydrogen-bond donors (Lipinski definition) is 2. The van der Waals surface area contributed by atoms with Gasteiger partial charge in [-0.25, -0.2) is 0 Å². The summed E-state index contributed by atoms with van der Waals surface area (Å²) in [5.74, 6) is -0.915. The van der Waals surface area contributed by atoms with E-state index in [1.165, 1.54) is 6.07 Å². The van der Waals surface area contributed by atoms with Crippen LogP contribution in [0.1, 0.15) is 25.3 Å². The van der Waals surface area contributed by atoms with Crippen molar-refractivity contribution in [1.82, 2.24) is 5.32 Å². The molecule has 1 saturated heterocycles. The normalized spacial score (nSPS) is 19.2. The smallest absolute Gasteiger partial charge is 0.326 e. The Kier molecular flexibility index (Phi) is 6.34. The van der Waals surface area contributed by atoms with Crippen molar-refractivity contribution in [3.05, 3.63) is 28.8 Å². The monoisotopic (exact) mass is 393 g/mol. The lowest BCUT2D eigenvalue weighted by Gasteiger charge is -2.12. The fraction of sp³-hybridized carbons (Fsp3) is 0.400. The Balaban J connectivity index is 2.00. The van der Waals surface area contributed by atoms with E-state index in [1.807, 2.05) is 6.92 Å². The van der Waals surface area contributed by atoms with Crippen molar-refractivity contribution in [1.29, 1.82) is 0 Å². The minimum absolute atomic E-state index is 0.0370. The fourth-order valence-electron chi connectivity index (χ4n) is 2.03. The lowest BCUT2D eigenvalue weighted by Crippen LogP contribution is -2.28. The molecule has 5 nitrogen and oxygen atoms in total. The van der Waals surface area contributed by atoms with Crippen LogP contribution in [-0.2, 0) is 15.8 Å². The molecule has 0 spiro atoms. The Labute approximate surface area is 151 Å². The summed E-state index contributed by atoms with van der Waals surface area (Å²) in [4.78, 5) is 28.0. The molecular formula is C15H15ClF3N3O2S. The third kappa shape index (κ3) is 5.37. The van der Waals surface area contributed by atoms with E-state index < -0.39 is 27.9 Å². The number of nitrogens with one attached hydrogen (secondary N) is 2. The highest BCUT2D eigenvalue weighted by atomic mass is 35.5. The number of amides is 2. The van der Waals surface area contributed by atoms with Gasteiger partial charge in [0.05, 0.1) is 10.6 Å². The minimum Gasteiger partial charge on any atom is -0.326 e. The number of alkyl halides is 3. The van der Waals surface area contributed by atoms with Gasteiger partial charge in [0.2, 0.25) is 11.8 Å². The van der Waals surface area contributed by atoms with Crippen LogP contribution in [0.3, 0.4) is 0 Å². The van der Waals surface area contributed by atoms with E-state index in [4.69, 9.17) is 11.6 Å². The van der Waals surface area contributed by atoms with Gasteiger partial charge in [0.1, 0.15) is 5.25 Å². The number of thioether (sulfide) groups is 1. The maximum atomic E-state index is 12.8. The molecule has 136 valence electrons. The zero-order valence-corrected chi connectivity index (χ0v) is 14.7. The van der Waals surface area contributed by atoms with Crippen molar-refractivity contribution in [2.24, 2.45) is 4.99 Å². The molecule has 1 aromatic carbocycles. The lowest BCUT2D eigenvalue weighted by molar-refractivity contribution is -0.137. The van der Waals surface area contributed by atoms with E-state index in [1.54, 1.807) is 0 Å². The van der Waals surface area contributed by atoms with Gasteiger partial charge in [-0.2, -0.15) is 13.2 Å². The summed E-state index contributed by atoms with van der Waals surface area (Å²) in [5.41, 5.74) is -1.07. The van der Waals surface area contributed by atoms with Crippen LogP contribution in [0, 0.1) is 0 Å². The molecule has 1 aliphatic heterocycles. The lowest BCUT2D eigenvalue weighted by atomic mass is 10.2. The quantitative estimate of drug-likeness (QED) is 0.801. The van der Waals surface area contributed by atoms with Crippen LogP contribution < -0.4 is 10.6 Å². The number of halogens is 4. The summed E-state index contributed by atoms with van der Waals surface area (Å²) in [6, 6.07) is 3.09. The topological polar surface area (TPSA) is 70.6 Å². The predicted octanol–water partition coefficient (Wildman–Crippen LogP) is 3.69. The van der Waals surface area contributed by atoms with Crippen molar-refractivity contribution in [3.63, 3.8) is 0 Å². The number of aliphatic imine (C=N–C) groups is 1. The Hall–Kier alpha value is -1.74. The van der Waals surface area contributed by atoms with Crippen molar-refractivity contribution < 1.29 is 22.8 Å². The van der Waals surface area contributed by atoms with Gasteiger partial charge < -0.3 is 10.6 Å². The Bertz CT molecular complexity index is 710.